The van der Waals surface area contributed by atoms with Crippen LogP contribution >= 0.6 is 0 Å². The number of anilines is 3. The predicted molar refractivity (Wildman–Crippen MR) is 120 cm³/mol. The lowest BCUT2D eigenvalue weighted by Gasteiger charge is -2.23. The van der Waals surface area contributed by atoms with Gasteiger partial charge in [-0.1, -0.05) is 6.92 Å². The molecule has 0 spiro atoms. The molecule has 0 fully saturated rings. The number of carbonyl (C=O) groups is 1. The summed E-state index contributed by atoms with van der Waals surface area (Å²) in [7, 11) is 0. The number of aliphatic hydroxyl groups is 1. The van der Waals surface area contributed by atoms with E-state index in [9.17, 15) is 14.3 Å². The highest BCUT2D eigenvalue weighted by Crippen LogP contribution is 2.24. The molecule has 9 heteroatoms. The van der Waals surface area contributed by atoms with Crippen LogP contribution in [0.5, 0.6) is 0 Å². The van der Waals surface area contributed by atoms with E-state index in [1.807, 2.05) is 38.2 Å². The van der Waals surface area contributed by atoms with Gasteiger partial charge in [-0.3, -0.25) is 4.79 Å². The van der Waals surface area contributed by atoms with E-state index in [2.05, 4.69) is 26.0 Å². The van der Waals surface area contributed by atoms with Crippen molar-refractivity contribution < 1.29 is 14.3 Å². The molecule has 0 aliphatic rings. The minimum atomic E-state index is -1.59. The lowest BCUT2D eigenvalue weighted by atomic mass is 10.0. The van der Waals surface area contributed by atoms with Gasteiger partial charge in [0, 0.05) is 36.4 Å². The number of fused-ring (bicyclic) bond motifs is 1. The van der Waals surface area contributed by atoms with E-state index in [0.717, 1.165) is 17.6 Å². The van der Waals surface area contributed by atoms with Gasteiger partial charge in [-0.25, -0.2) is 13.9 Å². The van der Waals surface area contributed by atoms with E-state index >= 15 is 0 Å². The van der Waals surface area contributed by atoms with Gasteiger partial charge in [0.1, 0.15) is 12.0 Å². The zero-order valence-corrected chi connectivity index (χ0v) is 18.2. The van der Waals surface area contributed by atoms with Crippen LogP contribution in [0.15, 0.2) is 42.9 Å². The van der Waals surface area contributed by atoms with Crippen molar-refractivity contribution in [3.63, 3.8) is 0 Å². The van der Waals surface area contributed by atoms with Gasteiger partial charge < -0.3 is 21.1 Å². The fourth-order valence-corrected chi connectivity index (χ4v) is 2.87. The second-order valence-electron chi connectivity index (χ2n) is 8.14. The standard InChI is InChI=1S/C22H29FN6O2/c1-5-14(2)27-18-11-20(28-15-7-9-29-16(10-15)6-8-26-29)24-12-17(18)21(30)25-13-19(23)22(3,4)31/h6-12,14,19,31H,5,13H2,1-4H3,(H,25,30)(H2,24,27,28)/t14?,19-/m1/s1. The van der Waals surface area contributed by atoms with Gasteiger partial charge in [0.15, 0.2) is 0 Å². The Bertz CT molecular complexity index is 1050. The minimum absolute atomic E-state index is 0.121. The summed E-state index contributed by atoms with van der Waals surface area (Å²) in [6.07, 6.45) is 4.29. The van der Waals surface area contributed by atoms with Gasteiger partial charge in [0.2, 0.25) is 0 Å². The second kappa shape index (κ2) is 9.30. The minimum Gasteiger partial charge on any atom is -0.387 e. The average Bonchev–Trinajstić information content (AvgIpc) is 3.19. The molecule has 3 aromatic heterocycles. The van der Waals surface area contributed by atoms with E-state index in [4.69, 9.17) is 0 Å². The molecule has 3 rings (SSSR count). The maximum atomic E-state index is 14.0. The predicted octanol–water partition coefficient (Wildman–Crippen LogP) is 3.52. The molecule has 0 bridgehead atoms. The highest BCUT2D eigenvalue weighted by molar-refractivity contribution is 5.99. The van der Waals surface area contributed by atoms with Crippen molar-refractivity contribution in [1.82, 2.24) is 19.9 Å². The molecule has 8 nitrogen and oxygen atoms in total. The Morgan fingerprint density at radius 3 is 2.81 bits per heavy atom. The molecule has 4 N–H and O–H groups in total. The molecule has 0 aliphatic heterocycles. The van der Waals surface area contributed by atoms with Gasteiger partial charge in [0.05, 0.1) is 28.9 Å². The number of pyridine rings is 2. The van der Waals surface area contributed by atoms with Crippen LogP contribution < -0.4 is 16.0 Å². The highest BCUT2D eigenvalue weighted by atomic mass is 19.1. The molecule has 0 aromatic carbocycles. The summed E-state index contributed by atoms with van der Waals surface area (Å²) in [5.41, 5.74) is 1.13. The quantitative estimate of drug-likeness (QED) is 0.416. The number of hydrogen-bond donors (Lipinski definition) is 4. The molecule has 2 atom stereocenters. The van der Waals surface area contributed by atoms with Crippen LogP contribution in [0.1, 0.15) is 44.5 Å². The fraction of sp³-hybridized carbons (Fsp3) is 0.409. The third-order valence-corrected chi connectivity index (χ3v) is 5.04. The topological polar surface area (TPSA) is 104 Å². The fourth-order valence-electron chi connectivity index (χ4n) is 2.87. The first-order chi connectivity index (χ1) is 14.7. The number of alkyl halides is 1. The van der Waals surface area contributed by atoms with Crippen LogP contribution in [-0.2, 0) is 0 Å². The number of aromatic nitrogens is 3. The van der Waals surface area contributed by atoms with Crippen molar-refractivity contribution in [1.29, 1.82) is 0 Å². The summed E-state index contributed by atoms with van der Waals surface area (Å²) in [6.45, 7) is 6.48. The lowest BCUT2D eigenvalue weighted by Crippen LogP contribution is -2.42. The summed E-state index contributed by atoms with van der Waals surface area (Å²) in [6, 6.07) is 7.59. The molecule has 31 heavy (non-hydrogen) atoms. The summed E-state index contributed by atoms with van der Waals surface area (Å²) in [4.78, 5) is 17.0. The zero-order chi connectivity index (χ0) is 22.6. The van der Waals surface area contributed by atoms with E-state index in [1.165, 1.54) is 20.0 Å². The molecule has 0 saturated carbocycles. The van der Waals surface area contributed by atoms with E-state index < -0.39 is 17.7 Å². The smallest absolute Gasteiger partial charge is 0.255 e. The normalized spacial score (nSPS) is 13.6. The molecular weight excluding hydrogens is 399 g/mol. The van der Waals surface area contributed by atoms with Gasteiger partial charge in [-0.2, -0.15) is 5.10 Å². The molecule has 1 unspecified atom stereocenters. The van der Waals surface area contributed by atoms with Crippen molar-refractivity contribution in [3.8, 4) is 0 Å². The molecule has 166 valence electrons. The van der Waals surface area contributed by atoms with Crippen molar-refractivity contribution in [2.75, 3.05) is 17.2 Å². The second-order valence-corrected chi connectivity index (χ2v) is 8.14. The van der Waals surface area contributed by atoms with Crippen molar-refractivity contribution in [2.45, 2.75) is 51.9 Å². The van der Waals surface area contributed by atoms with Gasteiger partial charge >= 0.3 is 0 Å². The first-order valence-electron chi connectivity index (χ1n) is 10.3. The number of nitrogens with zero attached hydrogens (tertiary/aromatic N) is 3. The number of carbonyl (C=O) groups excluding carboxylic acids is 1. The van der Waals surface area contributed by atoms with Crippen LogP contribution in [-0.4, -0.2) is 50.0 Å². The Morgan fingerprint density at radius 2 is 2.10 bits per heavy atom. The first-order valence-corrected chi connectivity index (χ1v) is 10.3. The molecule has 0 saturated heterocycles. The number of nitrogens with one attached hydrogen (secondary N) is 3. The maximum absolute atomic E-state index is 14.0. The summed E-state index contributed by atoms with van der Waals surface area (Å²) >= 11 is 0. The van der Waals surface area contributed by atoms with Crippen molar-refractivity contribution >= 4 is 28.6 Å². The molecule has 1 amide bonds. The Morgan fingerprint density at radius 1 is 1.32 bits per heavy atom. The number of halogens is 1. The molecular formula is C22H29FN6O2. The number of hydrogen-bond acceptors (Lipinski definition) is 6. The van der Waals surface area contributed by atoms with Gasteiger partial charge in [-0.05, 0) is 45.4 Å². The third kappa shape index (κ3) is 5.69. The van der Waals surface area contributed by atoms with E-state index in [0.29, 0.717) is 17.1 Å². The monoisotopic (exact) mass is 428 g/mol. The largest absolute Gasteiger partial charge is 0.387 e. The Kier molecular flexibility index (Phi) is 6.74. The van der Waals surface area contributed by atoms with Crippen LogP contribution in [0.4, 0.5) is 21.6 Å². The molecule has 0 radical (unpaired) electrons. The zero-order valence-electron chi connectivity index (χ0n) is 18.2. The van der Waals surface area contributed by atoms with Gasteiger partial charge in [-0.15, -0.1) is 0 Å². The van der Waals surface area contributed by atoms with Crippen LogP contribution in [0.2, 0.25) is 0 Å². The number of rotatable bonds is 9. The van der Waals surface area contributed by atoms with Crippen LogP contribution in [0.25, 0.3) is 5.52 Å². The van der Waals surface area contributed by atoms with E-state index in [1.54, 1.807) is 16.8 Å². The number of amides is 1. The molecule has 3 aromatic rings. The van der Waals surface area contributed by atoms with Crippen LogP contribution in [0.3, 0.4) is 0 Å². The van der Waals surface area contributed by atoms with Crippen LogP contribution in [0, 0.1) is 0 Å². The Labute approximate surface area is 180 Å². The average molecular weight is 429 g/mol. The summed E-state index contributed by atoms with van der Waals surface area (Å²) < 4.78 is 15.8. The molecule has 3 heterocycles. The summed E-state index contributed by atoms with van der Waals surface area (Å²) in [5, 5.41) is 23.0. The lowest BCUT2D eigenvalue weighted by molar-refractivity contribution is -0.00177. The Balaban J connectivity index is 1.81. The third-order valence-electron chi connectivity index (χ3n) is 5.04. The van der Waals surface area contributed by atoms with E-state index in [-0.39, 0.29) is 12.6 Å². The Hall–Kier alpha value is -3.20. The summed E-state index contributed by atoms with van der Waals surface area (Å²) in [5.74, 6) is 0.100. The maximum Gasteiger partial charge on any atom is 0.255 e. The molecule has 0 aliphatic carbocycles. The van der Waals surface area contributed by atoms with Crippen molar-refractivity contribution in [3.05, 3.63) is 48.4 Å². The SMILES string of the molecule is CCC(C)Nc1cc(Nc2ccn3nccc3c2)ncc1C(=O)NC[C@@H](F)C(C)(C)O. The van der Waals surface area contributed by atoms with Crippen molar-refractivity contribution in [2.24, 2.45) is 0 Å². The highest BCUT2D eigenvalue weighted by Gasteiger charge is 2.27. The van der Waals surface area contributed by atoms with Gasteiger partial charge in [0.25, 0.3) is 5.91 Å². The first kappa shape index (κ1) is 22.5.